The zero-order chi connectivity index (χ0) is 29.1. The van der Waals surface area contributed by atoms with E-state index < -0.39 is 38.6 Å². The number of hydrogen-bond donors (Lipinski definition) is 2. The standard InChI is InChI=1S/C28H29N3O8S/c1-28(2,3)39-17-25(26(32)30-40(36,37)19-14-12-18(13-15-19)31(34)35)29-27(33)38-16-24-22-10-6-4-8-20(22)21-9-5-7-11-23(21)24/h4-15,24-25H,16-17H2,1-3H3,(H,29,33)(H,30,32)/t25-/m1/s1. The van der Waals surface area contributed by atoms with E-state index in [2.05, 4.69) is 5.32 Å². The van der Waals surface area contributed by atoms with Gasteiger partial charge in [0.25, 0.3) is 21.6 Å². The number of carbonyl (C=O) groups excluding carboxylic acids is 2. The lowest BCUT2D eigenvalue weighted by Crippen LogP contribution is -2.51. The minimum absolute atomic E-state index is 0.00454. The maximum Gasteiger partial charge on any atom is 0.407 e. The zero-order valence-corrected chi connectivity index (χ0v) is 22.9. The Hall–Kier alpha value is -4.29. The summed E-state index contributed by atoms with van der Waals surface area (Å²) in [5, 5.41) is 13.3. The molecule has 40 heavy (non-hydrogen) atoms. The highest BCUT2D eigenvalue weighted by Crippen LogP contribution is 2.44. The van der Waals surface area contributed by atoms with E-state index in [0.717, 1.165) is 46.5 Å². The van der Waals surface area contributed by atoms with Crippen molar-refractivity contribution < 1.29 is 32.4 Å². The van der Waals surface area contributed by atoms with Crippen molar-refractivity contribution in [1.82, 2.24) is 10.0 Å². The molecule has 0 unspecified atom stereocenters. The normalized spacial score (nSPS) is 13.6. The highest BCUT2D eigenvalue weighted by atomic mass is 32.2. The molecule has 2 N–H and O–H groups in total. The fourth-order valence-electron chi connectivity index (χ4n) is 4.31. The molecular formula is C28H29N3O8S. The number of fused-ring (bicyclic) bond motifs is 3. The van der Waals surface area contributed by atoms with E-state index in [0.29, 0.717) is 0 Å². The van der Waals surface area contributed by atoms with E-state index in [1.807, 2.05) is 53.3 Å². The summed E-state index contributed by atoms with van der Waals surface area (Å²) in [6.45, 7) is 4.87. The summed E-state index contributed by atoms with van der Waals surface area (Å²) in [5.41, 5.74) is 3.13. The number of carbonyl (C=O) groups is 2. The fraction of sp³-hybridized carbons (Fsp3) is 0.286. The smallest absolute Gasteiger partial charge is 0.407 e. The van der Waals surface area contributed by atoms with E-state index in [1.165, 1.54) is 0 Å². The predicted octanol–water partition coefficient (Wildman–Crippen LogP) is 4.12. The molecule has 0 fully saturated rings. The second-order valence-corrected chi connectivity index (χ2v) is 11.8. The summed E-state index contributed by atoms with van der Waals surface area (Å²) in [4.78, 5) is 35.6. The maximum absolute atomic E-state index is 13.0. The van der Waals surface area contributed by atoms with Crippen molar-refractivity contribution in [2.75, 3.05) is 13.2 Å². The van der Waals surface area contributed by atoms with Crippen LogP contribution in [-0.4, -0.2) is 50.2 Å². The van der Waals surface area contributed by atoms with Gasteiger partial charge in [-0.3, -0.25) is 14.9 Å². The molecule has 11 nitrogen and oxygen atoms in total. The Morgan fingerprint density at radius 1 is 0.950 bits per heavy atom. The fourth-order valence-corrected chi connectivity index (χ4v) is 5.33. The molecule has 0 aliphatic heterocycles. The number of non-ortho nitro benzene ring substituents is 1. The molecule has 1 aliphatic carbocycles. The summed E-state index contributed by atoms with van der Waals surface area (Å²) in [7, 11) is -4.40. The Bertz CT molecular complexity index is 1490. The molecule has 4 rings (SSSR count). The third-order valence-corrected chi connectivity index (χ3v) is 7.59. The van der Waals surface area contributed by atoms with Gasteiger partial charge in [-0.05, 0) is 55.2 Å². The molecule has 0 saturated carbocycles. The molecule has 1 atom stereocenters. The largest absolute Gasteiger partial charge is 0.449 e. The first kappa shape index (κ1) is 28.7. The summed E-state index contributed by atoms with van der Waals surface area (Å²) in [6, 6.07) is 18.3. The molecule has 2 amide bonds. The molecule has 0 saturated heterocycles. The van der Waals surface area contributed by atoms with Crippen LogP contribution < -0.4 is 10.0 Å². The minimum Gasteiger partial charge on any atom is -0.449 e. The van der Waals surface area contributed by atoms with Gasteiger partial charge in [0.1, 0.15) is 12.6 Å². The summed E-state index contributed by atoms with van der Waals surface area (Å²) in [5.74, 6) is -1.27. The number of nitrogens with zero attached hydrogens (tertiary/aromatic N) is 1. The molecule has 0 heterocycles. The van der Waals surface area contributed by atoms with E-state index in [-0.39, 0.29) is 29.7 Å². The molecule has 1 aliphatic rings. The van der Waals surface area contributed by atoms with Gasteiger partial charge < -0.3 is 14.8 Å². The van der Waals surface area contributed by atoms with Crippen LogP contribution in [0.3, 0.4) is 0 Å². The van der Waals surface area contributed by atoms with Crippen LogP contribution in [0.5, 0.6) is 0 Å². The number of alkyl carbamates (subject to hydrolysis) is 1. The molecule has 0 bridgehead atoms. The van der Waals surface area contributed by atoms with Crippen molar-refractivity contribution in [3.63, 3.8) is 0 Å². The number of nitro groups is 1. The first-order chi connectivity index (χ1) is 18.9. The van der Waals surface area contributed by atoms with Crippen molar-refractivity contribution in [2.45, 2.75) is 43.2 Å². The first-order valence-corrected chi connectivity index (χ1v) is 13.9. The summed E-state index contributed by atoms with van der Waals surface area (Å²) >= 11 is 0. The monoisotopic (exact) mass is 567 g/mol. The minimum atomic E-state index is -4.40. The number of nitro benzene ring substituents is 1. The lowest BCUT2D eigenvalue weighted by Gasteiger charge is -2.24. The van der Waals surface area contributed by atoms with Gasteiger partial charge in [0.05, 0.1) is 22.0 Å². The van der Waals surface area contributed by atoms with Crippen LogP contribution in [0.2, 0.25) is 0 Å². The Labute approximate surface area is 231 Å². The highest BCUT2D eigenvalue weighted by molar-refractivity contribution is 7.90. The van der Waals surface area contributed by atoms with Crippen LogP contribution in [0, 0.1) is 10.1 Å². The molecular weight excluding hydrogens is 538 g/mol. The van der Waals surface area contributed by atoms with Gasteiger partial charge in [-0.25, -0.2) is 17.9 Å². The Morgan fingerprint density at radius 3 is 2.02 bits per heavy atom. The molecule has 3 aromatic rings. The van der Waals surface area contributed by atoms with Gasteiger partial charge in [-0.2, -0.15) is 0 Å². The van der Waals surface area contributed by atoms with Crippen LogP contribution >= 0.6 is 0 Å². The van der Waals surface area contributed by atoms with E-state index in [1.54, 1.807) is 20.8 Å². The van der Waals surface area contributed by atoms with Gasteiger partial charge in [0, 0.05) is 18.1 Å². The molecule has 0 spiro atoms. The Balaban J connectivity index is 1.46. The molecule has 0 radical (unpaired) electrons. The van der Waals surface area contributed by atoms with Crippen LogP contribution in [0.4, 0.5) is 10.5 Å². The van der Waals surface area contributed by atoms with Gasteiger partial charge in [0.15, 0.2) is 0 Å². The third kappa shape index (κ3) is 6.64. The van der Waals surface area contributed by atoms with Crippen molar-refractivity contribution in [1.29, 1.82) is 0 Å². The average Bonchev–Trinajstić information content (AvgIpc) is 3.22. The van der Waals surface area contributed by atoms with E-state index >= 15 is 0 Å². The zero-order valence-electron chi connectivity index (χ0n) is 22.1. The van der Waals surface area contributed by atoms with Crippen molar-refractivity contribution >= 4 is 27.7 Å². The van der Waals surface area contributed by atoms with Gasteiger partial charge in [0.2, 0.25) is 0 Å². The number of sulfonamides is 1. The lowest BCUT2D eigenvalue weighted by molar-refractivity contribution is -0.384. The molecule has 210 valence electrons. The van der Waals surface area contributed by atoms with Gasteiger partial charge >= 0.3 is 6.09 Å². The van der Waals surface area contributed by atoms with Gasteiger partial charge in [-0.1, -0.05) is 48.5 Å². The van der Waals surface area contributed by atoms with Crippen molar-refractivity contribution in [3.05, 3.63) is 94.0 Å². The number of rotatable bonds is 9. The third-order valence-electron chi connectivity index (χ3n) is 6.23. The van der Waals surface area contributed by atoms with Gasteiger partial charge in [-0.15, -0.1) is 0 Å². The summed E-state index contributed by atoms with van der Waals surface area (Å²) < 4.78 is 38.6. The second kappa shape index (κ2) is 11.4. The van der Waals surface area contributed by atoms with Crippen molar-refractivity contribution in [3.8, 4) is 11.1 Å². The molecule has 3 aromatic carbocycles. The SMILES string of the molecule is CC(C)(C)OC[C@@H](NC(=O)OCC1c2ccccc2-c2ccccc21)C(=O)NS(=O)(=O)c1ccc([N+](=O)[O-])cc1. The quantitative estimate of drug-likeness (QED) is 0.289. The number of benzene rings is 3. The van der Waals surface area contributed by atoms with Crippen LogP contribution in [0.1, 0.15) is 37.8 Å². The summed E-state index contributed by atoms with van der Waals surface area (Å²) in [6.07, 6.45) is -0.924. The van der Waals surface area contributed by atoms with Crippen molar-refractivity contribution in [2.24, 2.45) is 0 Å². The van der Waals surface area contributed by atoms with E-state index in [4.69, 9.17) is 9.47 Å². The number of amides is 2. The molecule has 0 aromatic heterocycles. The predicted molar refractivity (Wildman–Crippen MR) is 146 cm³/mol. The highest BCUT2D eigenvalue weighted by Gasteiger charge is 2.31. The number of hydrogen-bond acceptors (Lipinski definition) is 8. The van der Waals surface area contributed by atoms with Crippen LogP contribution in [-0.2, 0) is 24.3 Å². The lowest BCUT2D eigenvalue weighted by atomic mass is 9.98. The topological polar surface area (TPSA) is 154 Å². The first-order valence-electron chi connectivity index (χ1n) is 12.4. The Morgan fingerprint density at radius 2 is 1.50 bits per heavy atom. The van der Waals surface area contributed by atoms with Crippen LogP contribution in [0.15, 0.2) is 77.7 Å². The Kier molecular flexibility index (Phi) is 8.21. The van der Waals surface area contributed by atoms with E-state index in [9.17, 15) is 28.1 Å². The number of nitrogens with one attached hydrogen (secondary N) is 2. The maximum atomic E-state index is 13.0. The van der Waals surface area contributed by atoms with Crippen LogP contribution in [0.25, 0.3) is 11.1 Å². The molecule has 12 heteroatoms. The average molecular weight is 568 g/mol. The second-order valence-electron chi connectivity index (χ2n) is 10.2. The number of ether oxygens (including phenoxy) is 2.